The molecule has 0 radical (unpaired) electrons. The van der Waals surface area contributed by atoms with Crippen molar-refractivity contribution in [3.05, 3.63) is 65.5 Å². The number of rotatable bonds is 8. The number of carbonyl (C=O) groups is 2. The highest BCUT2D eigenvalue weighted by molar-refractivity contribution is 5.94. The van der Waals surface area contributed by atoms with Crippen LogP contribution in [0.1, 0.15) is 28.2 Å². The molecule has 0 fully saturated rings. The van der Waals surface area contributed by atoms with E-state index in [1.165, 1.54) is 53.2 Å². The van der Waals surface area contributed by atoms with Gasteiger partial charge in [0.05, 0.1) is 24.2 Å². The Morgan fingerprint density at radius 2 is 2.06 bits per heavy atom. The highest BCUT2D eigenvalue weighted by Gasteiger charge is 2.18. The summed E-state index contributed by atoms with van der Waals surface area (Å²) >= 11 is 0. The molecule has 0 aliphatic carbocycles. The van der Waals surface area contributed by atoms with Gasteiger partial charge in [-0.1, -0.05) is 0 Å². The number of nitrogens with two attached hydrogens (primary N) is 1. The van der Waals surface area contributed by atoms with Crippen LogP contribution < -0.4 is 11.1 Å². The zero-order valence-electron chi connectivity index (χ0n) is 16.8. The van der Waals surface area contributed by atoms with Crippen molar-refractivity contribution in [2.45, 2.75) is 12.8 Å². The Hall–Kier alpha value is -4.13. The number of nitrogens with one attached hydrogen (secondary N) is 1. The number of likely N-dealkylation sites (N-methyl/N-ethyl adjacent to an activating group) is 1. The number of nitrogen functional groups attached to an aromatic ring is 1. The Morgan fingerprint density at radius 1 is 1.32 bits per heavy atom. The van der Waals surface area contributed by atoms with Gasteiger partial charge in [0.25, 0.3) is 5.91 Å². The number of nitriles is 1. The van der Waals surface area contributed by atoms with E-state index in [0.29, 0.717) is 30.8 Å². The van der Waals surface area contributed by atoms with Crippen LogP contribution in [0, 0.1) is 17.1 Å². The van der Waals surface area contributed by atoms with E-state index < -0.39 is 0 Å². The average molecular weight is 424 g/mol. The van der Waals surface area contributed by atoms with Gasteiger partial charge in [0.15, 0.2) is 5.76 Å². The van der Waals surface area contributed by atoms with Crippen molar-refractivity contribution in [3.63, 3.8) is 0 Å². The smallest absolute Gasteiger partial charge is 0.289 e. The van der Waals surface area contributed by atoms with Gasteiger partial charge in [-0.3, -0.25) is 9.59 Å². The highest BCUT2D eigenvalue weighted by Crippen LogP contribution is 2.21. The van der Waals surface area contributed by atoms with Gasteiger partial charge in [-0.2, -0.15) is 10.4 Å². The summed E-state index contributed by atoms with van der Waals surface area (Å²) in [7, 11) is 1.51. The minimum atomic E-state index is -0.388. The second-order valence-electron chi connectivity index (χ2n) is 6.80. The van der Waals surface area contributed by atoms with Gasteiger partial charge < -0.3 is 20.4 Å². The van der Waals surface area contributed by atoms with Crippen molar-refractivity contribution in [2.24, 2.45) is 0 Å². The molecule has 10 heteroatoms. The van der Waals surface area contributed by atoms with Crippen molar-refractivity contribution in [3.8, 4) is 11.8 Å². The number of hydrogen-bond acceptors (Lipinski definition) is 6. The zero-order valence-corrected chi connectivity index (χ0v) is 16.8. The Kier molecular flexibility index (Phi) is 6.67. The first-order chi connectivity index (χ1) is 14.9. The molecule has 1 aromatic carbocycles. The molecule has 3 N–H and O–H groups in total. The predicted octanol–water partition coefficient (Wildman–Crippen LogP) is 1.88. The summed E-state index contributed by atoms with van der Waals surface area (Å²) in [5, 5.41) is 16.5. The van der Waals surface area contributed by atoms with Gasteiger partial charge in [0.1, 0.15) is 23.3 Å². The van der Waals surface area contributed by atoms with Crippen molar-refractivity contribution < 1.29 is 18.4 Å². The Balaban J connectivity index is 1.53. The van der Waals surface area contributed by atoms with Crippen LogP contribution in [0.3, 0.4) is 0 Å². The molecule has 0 saturated heterocycles. The van der Waals surface area contributed by atoms with E-state index in [-0.39, 0.29) is 41.3 Å². The lowest BCUT2D eigenvalue weighted by Gasteiger charge is -2.15. The molecule has 0 bridgehead atoms. The molecule has 0 aliphatic rings. The lowest BCUT2D eigenvalue weighted by Crippen LogP contribution is -2.38. The van der Waals surface area contributed by atoms with Crippen LogP contribution in [0.25, 0.3) is 5.69 Å². The summed E-state index contributed by atoms with van der Waals surface area (Å²) < 4.78 is 19.6. The third kappa shape index (κ3) is 5.08. The minimum absolute atomic E-state index is 0.116. The highest BCUT2D eigenvalue weighted by atomic mass is 19.1. The Labute approximate surface area is 177 Å². The summed E-state index contributed by atoms with van der Waals surface area (Å²) in [5.74, 6) is -0.762. The first-order valence-corrected chi connectivity index (χ1v) is 9.49. The lowest BCUT2D eigenvalue weighted by atomic mass is 10.1. The molecular formula is C21H21FN6O3. The number of carbonyl (C=O) groups excluding carboxylic acids is 2. The number of benzene rings is 1. The largest absolute Gasteiger partial charge is 0.459 e. The molecule has 3 rings (SSSR count). The monoisotopic (exact) mass is 424 g/mol. The maximum Gasteiger partial charge on any atom is 0.289 e. The molecule has 0 saturated carbocycles. The van der Waals surface area contributed by atoms with E-state index in [4.69, 9.17) is 10.2 Å². The molecule has 2 heterocycles. The van der Waals surface area contributed by atoms with Crippen LogP contribution in [-0.4, -0.2) is 46.6 Å². The maximum atomic E-state index is 13.1. The van der Waals surface area contributed by atoms with Crippen LogP contribution in [0.5, 0.6) is 0 Å². The van der Waals surface area contributed by atoms with Crippen molar-refractivity contribution in [1.82, 2.24) is 20.0 Å². The van der Waals surface area contributed by atoms with Gasteiger partial charge in [-0.05, 0) is 49.2 Å². The first-order valence-electron chi connectivity index (χ1n) is 9.49. The van der Waals surface area contributed by atoms with Crippen LogP contribution in [-0.2, 0) is 11.2 Å². The van der Waals surface area contributed by atoms with Crippen molar-refractivity contribution in [2.75, 3.05) is 25.9 Å². The standard InChI is InChI=1S/C21H21FN6O3/c1-27(21(30)18-5-3-11-31-18)13-19(29)25-10-2-4-17-16(12-23)20(24)28(26-17)15-8-6-14(22)7-9-15/h3,5-9,11H,2,4,10,13,24H2,1H3,(H,25,29). The molecule has 2 aromatic heterocycles. The SMILES string of the molecule is CN(CC(=O)NCCCc1nn(-c2ccc(F)cc2)c(N)c1C#N)C(=O)c1ccco1. The fourth-order valence-corrected chi connectivity index (χ4v) is 2.97. The van der Waals surface area contributed by atoms with Gasteiger partial charge in [0.2, 0.25) is 5.91 Å². The summed E-state index contributed by atoms with van der Waals surface area (Å²) in [6.45, 7) is 0.213. The lowest BCUT2D eigenvalue weighted by molar-refractivity contribution is -0.121. The first kappa shape index (κ1) is 21.6. The number of halogens is 1. The van der Waals surface area contributed by atoms with Crippen molar-refractivity contribution >= 4 is 17.6 Å². The molecule has 2 amide bonds. The summed E-state index contributed by atoms with van der Waals surface area (Å²) in [6.07, 6.45) is 2.31. The number of amides is 2. The van der Waals surface area contributed by atoms with Gasteiger partial charge in [0, 0.05) is 13.6 Å². The number of aromatic nitrogens is 2. The quantitative estimate of drug-likeness (QED) is 0.531. The van der Waals surface area contributed by atoms with Gasteiger partial charge in [-0.25, -0.2) is 9.07 Å². The molecule has 0 spiro atoms. The van der Waals surface area contributed by atoms with E-state index in [9.17, 15) is 19.2 Å². The molecule has 31 heavy (non-hydrogen) atoms. The van der Waals surface area contributed by atoms with Crippen LogP contribution in [0.4, 0.5) is 10.2 Å². The van der Waals surface area contributed by atoms with E-state index in [0.717, 1.165) is 0 Å². The third-order valence-corrected chi connectivity index (χ3v) is 4.55. The topological polar surface area (TPSA) is 130 Å². The fraction of sp³-hybridized carbons (Fsp3) is 0.238. The van der Waals surface area contributed by atoms with Crippen LogP contribution in [0.15, 0.2) is 47.1 Å². The number of furan rings is 1. The fourth-order valence-electron chi connectivity index (χ4n) is 2.97. The number of hydrogen-bond donors (Lipinski definition) is 2. The molecule has 9 nitrogen and oxygen atoms in total. The van der Waals surface area contributed by atoms with E-state index in [1.807, 2.05) is 6.07 Å². The second-order valence-corrected chi connectivity index (χ2v) is 6.80. The summed E-state index contributed by atoms with van der Waals surface area (Å²) in [4.78, 5) is 25.4. The maximum absolute atomic E-state index is 13.1. The van der Waals surface area contributed by atoms with E-state index in [1.54, 1.807) is 6.07 Å². The zero-order chi connectivity index (χ0) is 22.4. The average Bonchev–Trinajstić information content (AvgIpc) is 3.39. The van der Waals surface area contributed by atoms with E-state index >= 15 is 0 Å². The van der Waals surface area contributed by atoms with E-state index in [2.05, 4.69) is 10.4 Å². The third-order valence-electron chi connectivity index (χ3n) is 4.55. The minimum Gasteiger partial charge on any atom is -0.459 e. The molecule has 0 unspecified atom stereocenters. The molecule has 3 aromatic rings. The van der Waals surface area contributed by atoms with Crippen molar-refractivity contribution in [1.29, 1.82) is 5.26 Å². The second kappa shape index (κ2) is 9.58. The van der Waals surface area contributed by atoms with Crippen LogP contribution in [0.2, 0.25) is 0 Å². The molecule has 160 valence electrons. The normalized spacial score (nSPS) is 10.5. The van der Waals surface area contributed by atoms with Crippen LogP contribution >= 0.6 is 0 Å². The predicted molar refractivity (Wildman–Crippen MR) is 110 cm³/mol. The Bertz CT molecular complexity index is 1100. The van der Waals surface area contributed by atoms with Gasteiger partial charge in [-0.15, -0.1) is 0 Å². The van der Waals surface area contributed by atoms with Gasteiger partial charge >= 0.3 is 0 Å². The Morgan fingerprint density at radius 3 is 2.71 bits per heavy atom. The molecular weight excluding hydrogens is 403 g/mol. The summed E-state index contributed by atoms with van der Waals surface area (Å²) in [6, 6.07) is 10.8. The molecule has 0 aliphatic heterocycles. The number of nitrogens with zero attached hydrogens (tertiary/aromatic N) is 4. The number of anilines is 1. The summed E-state index contributed by atoms with van der Waals surface area (Å²) in [5.41, 5.74) is 7.31. The molecule has 0 atom stereocenters. The number of aryl methyl sites for hydroxylation is 1.